The van der Waals surface area contributed by atoms with Gasteiger partial charge < -0.3 is 9.52 Å². The van der Waals surface area contributed by atoms with Crippen LogP contribution in [0.2, 0.25) is 0 Å². The molecule has 68 valence electrons. The maximum absolute atomic E-state index is 9.23. The summed E-state index contributed by atoms with van der Waals surface area (Å²) in [6.07, 6.45) is 2.03. The van der Waals surface area contributed by atoms with Crippen LogP contribution >= 0.6 is 0 Å². The highest BCUT2D eigenvalue weighted by Gasteiger charge is 2.02. The molecule has 1 aromatic heterocycles. The number of rotatable bonds is 2. The Hall–Kier alpha value is -1.44. The van der Waals surface area contributed by atoms with E-state index in [2.05, 4.69) is 6.92 Å². The lowest BCUT2D eigenvalue weighted by atomic mass is 10.2. The molecule has 0 radical (unpaired) electrons. The van der Waals surface area contributed by atoms with Crippen molar-refractivity contribution in [3.63, 3.8) is 0 Å². The summed E-state index contributed by atoms with van der Waals surface area (Å²) >= 11 is 0. The molecule has 1 aromatic carbocycles. The van der Waals surface area contributed by atoms with Gasteiger partial charge in [-0.15, -0.1) is 0 Å². The van der Waals surface area contributed by atoms with Crippen molar-refractivity contribution in [2.45, 2.75) is 19.8 Å². The molecule has 0 aliphatic rings. The predicted molar refractivity (Wildman–Crippen MR) is 51.9 cm³/mol. The zero-order chi connectivity index (χ0) is 9.26. The van der Waals surface area contributed by atoms with Crippen molar-refractivity contribution in [3.8, 4) is 5.75 Å². The summed E-state index contributed by atoms with van der Waals surface area (Å²) in [7, 11) is 0. The van der Waals surface area contributed by atoms with Crippen LogP contribution in [0.4, 0.5) is 0 Å². The number of fused-ring (bicyclic) bond motifs is 1. The minimum Gasteiger partial charge on any atom is -0.508 e. The topological polar surface area (TPSA) is 33.4 Å². The van der Waals surface area contributed by atoms with Crippen LogP contribution in [0.1, 0.15) is 19.1 Å². The number of aryl methyl sites for hydroxylation is 1. The lowest BCUT2D eigenvalue weighted by Gasteiger charge is -1.89. The van der Waals surface area contributed by atoms with Crippen LogP contribution < -0.4 is 0 Å². The van der Waals surface area contributed by atoms with Crippen LogP contribution in [-0.2, 0) is 6.42 Å². The molecule has 0 saturated carbocycles. The zero-order valence-electron chi connectivity index (χ0n) is 7.58. The third-order valence-corrected chi connectivity index (χ3v) is 2.05. The zero-order valence-corrected chi connectivity index (χ0v) is 7.58. The van der Waals surface area contributed by atoms with E-state index in [4.69, 9.17) is 4.42 Å². The van der Waals surface area contributed by atoms with E-state index in [9.17, 15) is 5.11 Å². The Bertz CT molecular complexity index is 415. The van der Waals surface area contributed by atoms with Crippen LogP contribution in [0.5, 0.6) is 5.75 Å². The van der Waals surface area contributed by atoms with Gasteiger partial charge in [0.25, 0.3) is 0 Å². The van der Waals surface area contributed by atoms with Crippen molar-refractivity contribution in [3.05, 3.63) is 30.0 Å². The fourth-order valence-electron chi connectivity index (χ4n) is 1.46. The van der Waals surface area contributed by atoms with Crippen LogP contribution in [0.15, 0.2) is 28.7 Å². The molecule has 2 aromatic rings. The van der Waals surface area contributed by atoms with E-state index < -0.39 is 0 Å². The smallest absolute Gasteiger partial charge is 0.134 e. The van der Waals surface area contributed by atoms with Crippen molar-refractivity contribution >= 4 is 11.0 Å². The van der Waals surface area contributed by atoms with Gasteiger partial charge in [0.1, 0.15) is 17.1 Å². The van der Waals surface area contributed by atoms with Gasteiger partial charge in [-0.05, 0) is 30.7 Å². The summed E-state index contributed by atoms with van der Waals surface area (Å²) in [5, 5.41) is 10.2. The van der Waals surface area contributed by atoms with Gasteiger partial charge in [-0.25, -0.2) is 0 Å². The Labute approximate surface area is 76.8 Å². The molecule has 1 N–H and O–H groups in total. The second kappa shape index (κ2) is 3.13. The molecule has 1 heterocycles. The summed E-state index contributed by atoms with van der Waals surface area (Å²) in [5.41, 5.74) is 0.848. The van der Waals surface area contributed by atoms with Crippen molar-refractivity contribution in [2.24, 2.45) is 0 Å². The maximum Gasteiger partial charge on any atom is 0.134 e. The Morgan fingerprint density at radius 1 is 1.31 bits per heavy atom. The monoisotopic (exact) mass is 176 g/mol. The van der Waals surface area contributed by atoms with E-state index in [1.807, 2.05) is 6.07 Å². The summed E-state index contributed by atoms with van der Waals surface area (Å²) in [6, 6.07) is 7.14. The third-order valence-electron chi connectivity index (χ3n) is 2.05. The van der Waals surface area contributed by atoms with Crippen LogP contribution in [0.3, 0.4) is 0 Å². The fraction of sp³-hybridized carbons (Fsp3) is 0.273. The van der Waals surface area contributed by atoms with Gasteiger partial charge in [-0.1, -0.05) is 6.92 Å². The molecule has 0 bridgehead atoms. The second-order valence-corrected chi connectivity index (χ2v) is 3.18. The van der Waals surface area contributed by atoms with E-state index in [1.165, 1.54) is 0 Å². The number of phenols is 1. The quantitative estimate of drug-likeness (QED) is 0.762. The summed E-state index contributed by atoms with van der Waals surface area (Å²) in [6.45, 7) is 2.12. The average molecular weight is 176 g/mol. The first-order valence-corrected chi connectivity index (χ1v) is 4.51. The molecular weight excluding hydrogens is 164 g/mol. The number of hydrogen-bond acceptors (Lipinski definition) is 2. The molecule has 0 spiro atoms. The number of hydrogen-bond donors (Lipinski definition) is 1. The summed E-state index contributed by atoms with van der Waals surface area (Å²) in [5.74, 6) is 1.28. The van der Waals surface area contributed by atoms with Gasteiger partial charge in [-0.3, -0.25) is 0 Å². The lowest BCUT2D eigenvalue weighted by Crippen LogP contribution is -1.74. The van der Waals surface area contributed by atoms with Gasteiger partial charge in [-0.2, -0.15) is 0 Å². The molecule has 0 aliphatic heterocycles. The van der Waals surface area contributed by atoms with E-state index in [0.717, 1.165) is 29.6 Å². The summed E-state index contributed by atoms with van der Waals surface area (Å²) in [4.78, 5) is 0. The molecule has 0 aliphatic carbocycles. The van der Waals surface area contributed by atoms with Gasteiger partial charge >= 0.3 is 0 Å². The Morgan fingerprint density at radius 3 is 2.92 bits per heavy atom. The van der Waals surface area contributed by atoms with Crippen LogP contribution in [-0.4, -0.2) is 5.11 Å². The van der Waals surface area contributed by atoms with Crippen molar-refractivity contribution in [2.75, 3.05) is 0 Å². The number of benzene rings is 1. The van der Waals surface area contributed by atoms with Gasteiger partial charge in [0.05, 0.1) is 0 Å². The molecule has 0 saturated heterocycles. The largest absolute Gasteiger partial charge is 0.508 e. The highest BCUT2D eigenvalue weighted by molar-refractivity contribution is 5.79. The van der Waals surface area contributed by atoms with E-state index >= 15 is 0 Å². The SMILES string of the molecule is CCCc1cc2cc(O)ccc2o1. The Balaban J connectivity index is 2.49. The second-order valence-electron chi connectivity index (χ2n) is 3.18. The van der Waals surface area contributed by atoms with E-state index in [0.29, 0.717) is 0 Å². The number of phenolic OH excluding ortho intramolecular Hbond substituents is 1. The van der Waals surface area contributed by atoms with Crippen LogP contribution in [0, 0.1) is 0 Å². The minimum atomic E-state index is 0.288. The van der Waals surface area contributed by atoms with Crippen molar-refractivity contribution in [1.29, 1.82) is 0 Å². The minimum absolute atomic E-state index is 0.288. The first kappa shape index (κ1) is 8.17. The molecule has 0 fully saturated rings. The Kier molecular flexibility index (Phi) is 1.97. The number of furan rings is 1. The molecule has 2 nitrogen and oxygen atoms in total. The molecule has 13 heavy (non-hydrogen) atoms. The standard InChI is InChI=1S/C11H12O2/c1-2-3-10-7-8-6-9(12)4-5-11(8)13-10/h4-7,12H,2-3H2,1H3. The lowest BCUT2D eigenvalue weighted by molar-refractivity contribution is 0.475. The van der Waals surface area contributed by atoms with Crippen molar-refractivity contribution < 1.29 is 9.52 Å². The first-order valence-electron chi connectivity index (χ1n) is 4.51. The first-order chi connectivity index (χ1) is 6.29. The average Bonchev–Trinajstić information content (AvgIpc) is 2.46. The fourth-order valence-corrected chi connectivity index (χ4v) is 1.46. The third kappa shape index (κ3) is 1.52. The maximum atomic E-state index is 9.23. The van der Waals surface area contributed by atoms with Gasteiger partial charge in [0.2, 0.25) is 0 Å². The summed E-state index contributed by atoms with van der Waals surface area (Å²) < 4.78 is 5.55. The molecule has 2 heteroatoms. The number of aromatic hydroxyl groups is 1. The molecule has 2 rings (SSSR count). The molecule has 0 atom stereocenters. The normalized spacial score (nSPS) is 10.8. The predicted octanol–water partition coefficient (Wildman–Crippen LogP) is 3.09. The van der Waals surface area contributed by atoms with Gasteiger partial charge in [0.15, 0.2) is 0 Å². The molecular formula is C11H12O2. The molecule has 0 amide bonds. The molecule has 0 unspecified atom stereocenters. The van der Waals surface area contributed by atoms with E-state index in [1.54, 1.807) is 18.2 Å². The Morgan fingerprint density at radius 2 is 2.15 bits per heavy atom. The highest BCUT2D eigenvalue weighted by atomic mass is 16.3. The van der Waals surface area contributed by atoms with Crippen molar-refractivity contribution in [1.82, 2.24) is 0 Å². The van der Waals surface area contributed by atoms with Crippen LogP contribution in [0.25, 0.3) is 11.0 Å². The highest BCUT2D eigenvalue weighted by Crippen LogP contribution is 2.23. The van der Waals surface area contributed by atoms with E-state index in [-0.39, 0.29) is 5.75 Å². The van der Waals surface area contributed by atoms with Gasteiger partial charge in [0, 0.05) is 11.8 Å².